The fraction of sp³-hybridized carbons (Fsp3) is 0.667. The first-order valence-corrected chi connectivity index (χ1v) is 6.03. The van der Waals surface area contributed by atoms with Crippen LogP contribution in [0.3, 0.4) is 0 Å². The largest absolute Gasteiger partial charge is 0.330 e. The fourth-order valence-corrected chi connectivity index (χ4v) is 3.05. The van der Waals surface area contributed by atoms with Gasteiger partial charge in [0.05, 0.1) is 14.5 Å². The minimum absolute atomic E-state index is 0.369. The van der Waals surface area contributed by atoms with E-state index in [4.69, 9.17) is 5.73 Å². The minimum atomic E-state index is 0.369. The molecule has 1 atom stereocenters. The highest BCUT2D eigenvalue weighted by Crippen LogP contribution is 2.33. The van der Waals surface area contributed by atoms with Gasteiger partial charge in [0, 0.05) is 12.5 Å². The Kier molecular flexibility index (Phi) is 3.88. The molecule has 0 saturated carbocycles. The Morgan fingerprint density at radius 2 is 2.08 bits per heavy atom. The molecule has 1 aromatic rings. The number of hydrogen-bond acceptors (Lipinski definition) is 3. The van der Waals surface area contributed by atoms with E-state index < -0.39 is 0 Å². The molecule has 0 spiro atoms. The third-order valence-corrected chi connectivity index (χ3v) is 3.93. The first-order chi connectivity index (χ1) is 6.06. The molecule has 2 N–H and O–H groups in total. The van der Waals surface area contributed by atoms with Crippen molar-refractivity contribution < 1.29 is 0 Å². The van der Waals surface area contributed by atoms with Crippen LogP contribution in [0.25, 0.3) is 0 Å². The molecule has 2 nitrogen and oxygen atoms in total. The molecule has 74 valence electrons. The first-order valence-electron chi connectivity index (χ1n) is 4.42. The number of thiazole rings is 1. The second-order valence-electron chi connectivity index (χ2n) is 3.50. The summed E-state index contributed by atoms with van der Waals surface area (Å²) in [4.78, 5) is 4.57. The highest BCUT2D eigenvalue weighted by atomic mass is 79.9. The van der Waals surface area contributed by atoms with Crippen molar-refractivity contribution in [2.24, 2.45) is 5.73 Å². The van der Waals surface area contributed by atoms with Gasteiger partial charge >= 0.3 is 0 Å². The monoisotopic (exact) mass is 262 g/mol. The first kappa shape index (κ1) is 11.1. The summed E-state index contributed by atoms with van der Waals surface area (Å²) in [7, 11) is 0. The van der Waals surface area contributed by atoms with Crippen molar-refractivity contribution in [1.29, 1.82) is 0 Å². The molecule has 0 radical (unpaired) electrons. The second-order valence-corrected chi connectivity index (χ2v) is 5.85. The summed E-state index contributed by atoms with van der Waals surface area (Å²) < 4.78 is 1.15. The van der Waals surface area contributed by atoms with Gasteiger partial charge in [-0.25, -0.2) is 4.98 Å². The zero-order chi connectivity index (χ0) is 10.0. The molecule has 1 aromatic heterocycles. The van der Waals surface area contributed by atoms with E-state index >= 15 is 0 Å². The van der Waals surface area contributed by atoms with Crippen molar-refractivity contribution >= 4 is 27.3 Å². The van der Waals surface area contributed by atoms with Gasteiger partial charge in [-0.1, -0.05) is 20.8 Å². The van der Waals surface area contributed by atoms with E-state index in [0.29, 0.717) is 18.4 Å². The zero-order valence-corrected chi connectivity index (χ0v) is 10.6. The maximum Gasteiger partial charge on any atom is 0.0981 e. The van der Waals surface area contributed by atoms with Crippen LogP contribution in [-0.4, -0.2) is 11.5 Å². The van der Waals surface area contributed by atoms with Gasteiger partial charge in [0.1, 0.15) is 0 Å². The van der Waals surface area contributed by atoms with Crippen LogP contribution in [0, 0.1) is 0 Å². The summed E-state index contributed by atoms with van der Waals surface area (Å²) in [6, 6.07) is 0. The van der Waals surface area contributed by atoms with Gasteiger partial charge in [-0.3, -0.25) is 0 Å². The summed E-state index contributed by atoms with van der Waals surface area (Å²) >= 11 is 5.23. The Morgan fingerprint density at radius 1 is 1.46 bits per heavy atom. The van der Waals surface area contributed by atoms with Crippen molar-refractivity contribution in [1.82, 2.24) is 4.98 Å². The number of halogens is 1. The lowest BCUT2D eigenvalue weighted by Crippen LogP contribution is -2.08. The smallest absolute Gasteiger partial charge is 0.0981 e. The minimum Gasteiger partial charge on any atom is -0.330 e. The van der Waals surface area contributed by atoms with Gasteiger partial charge in [-0.05, 0) is 21.8 Å². The highest BCUT2D eigenvalue weighted by molar-refractivity contribution is 9.11. The number of nitrogens with two attached hydrogens (primary N) is 1. The van der Waals surface area contributed by atoms with Crippen LogP contribution in [-0.2, 0) is 0 Å². The topological polar surface area (TPSA) is 38.9 Å². The van der Waals surface area contributed by atoms with E-state index in [2.05, 4.69) is 41.7 Å². The number of rotatable bonds is 3. The molecule has 0 aliphatic heterocycles. The molecule has 1 heterocycles. The predicted octanol–water partition coefficient (Wildman–Crippen LogP) is 3.09. The molecule has 0 bridgehead atoms. The molecule has 13 heavy (non-hydrogen) atoms. The van der Waals surface area contributed by atoms with Crippen molar-refractivity contribution in [2.75, 3.05) is 6.54 Å². The van der Waals surface area contributed by atoms with Crippen LogP contribution in [0.5, 0.6) is 0 Å². The number of hydrogen-bond donors (Lipinski definition) is 1. The third-order valence-electron chi connectivity index (χ3n) is 1.95. The van der Waals surface area contributed by atoms with Gasteiger partial charge < -0.3 is 5.73 Å². The fourth-order valence-electron chi connectivity index (χ4n) is 0.997. The van der Waals surface area contributed by atoms with Crippen LogP contribution in [0.4, 0.5) is 0 Å². The normalized spacial score (nSPS) is 13.7. The number of nitrogens with zero attached hydrogens (tertiary/aromatic N) is 1. The molecule has 0 saturated heterocycles. The van der Waals surface area contributed by atoms with E-state index in [1.807, 2.05) is 0 Å². The Morgan fingerprint density at radius 3 is 2.46 bits per heavy atom. The Bertz CT molecular complexity index is 283. The van der Waals surface area contributed by atoms with Crippen molar-refractivity contribution in [3.8, 4) is 0 Å². The lowest BCUT2D eigenvalue weighted by atomic mass is 10.1. The van der Waals surface area contributed by atoms with Gasteiger partial charge in [0.15, 0.2) is 0 Å². The summed E-state index contributed by atoms with van der Waals surface area (Å²) in [5.41, 5.74) is 6.74. The molecule has 0 aliphatic rings. The average Bonchev–Trinajstić information content (AvgIpc) is 2.46. The summed E-state index contributed by atoms with van der Waals surface area (Å²) in [6.07, 6.45) is 0. The van der Waals surface area contributed by atoms with Gasteiger partial charge in [-0.15, -0.1) is 11.3 Å². The van der Waals surface area contributed by atoms with E-state index in [1.165, 1.54) is 0 Å². The van der Waals surface area contributed by atoms with Gasteiger partial charge in [0.25, 0.3) is 0 Å². The van der Waals surface area contributed by atoms with E-state index in [-0.39, 0.29) is 0 Å². The molecule has 0 aromatic carbocycles. The van der Waals surface area contributed by atoms with Crippen LogP contribution in [0.1, 0.15) is 43.3 Å². The van der Waals surface area contributed by atoms with Crippen LogP contribution < -0.4 is 5.73 Å². The van der Waals surface area contributed by atoms with Crippen LogP contribution >= 0.6 is 27.3 Å². The van der Waals surface area contributed by atoms with E-state index in [0.717, 1.165) is 14.5 Å². The summed E-state index contributed by atoms with van der Waals surface area (Å²) in [6.45, 7) is 7.07. The molecule has 0 amide bonds. The molecular weight excluding hydrogens is 248 g/mol. The zero-order valence-electron chi connectivity index (χ0n) is 8.17. The molecular formula is C9H15BrN2S. The maximum absolute atomic E-state index is 5.59. The second kappa shape index (κ2) is 4.53. The molecule has 4 heteroatoms. The van der Waals surface area contributed by atoms with Gasteiger partial charge in [0.2, 0.25) is 0 Å². The van der Waals surface area contributed by atoms with Gasteiger partial charge in [-0.2, -0.15) is 0 Å². The lowest BCUT2D eigenvalue weighted by molar-refractivity contribution is 0.745. The Labute approximate surface area is 91.7 Å². The predicted molar refractivity (Wildman–Crippen MR) is 61.4 cm³/mol. The summed E-state index contributed by atoms with van der Waals surface area (Å²) in [5, 5.41) is 1.14. The van der Waals surface area contributed by atoms with Crippen LogP contribution in [0.2, 0.25) is 0 Å². The molecule has 0 fully saturated rings. The Balaban J connectivity index is 2.95. The SMILES string of the molecule is CC(C)c1nc(C(C)CN)sc1Br. The Hall–Kier alpha value is 0.0700. The highest BCUT2D eigenvalue weighted by Gasteiger charge is 2.15. The van der Waals surface area contributed by atoms with Crippen LogP contribution in [0.15, 0.2) is 3.79 Å². The molecule has 0 aliphatic carbocycles. The maximum atomic E-state index is 5.59. The van der Waals surface area contributed by atoms with E-state index in [1.54, 1.807) is 11.3 Å². The van der Waals surface area contributed by atoms with Crippen molar-refractivity contribution in [3.05, 3.63) is 14.5 Å². The van der Waals surface area contributed by atoms with Crippen molar-refractivity contribution in [2.45, 2.75) is 32.6 Å². The third kappa shape index (κ3) is 2.51. The molecule has 1 unspecified atom stereocenters. The lowest BCUT2D eigenvalue weighted by Gasteiger charge is -2.02. The number of aromatic nitrogens is 1. The van der Waals surface area contributed by atoms with Crippen molar-refractivity contribution in [3.63, 3.8) is 0 Å². The van der Waals surface area contributed by atoms with E-state index in [9.17, 15) is 0 Å². The average molecular weight is 263 g/mol. The quantitative estimate of drug-likeness (QED) is 0.910. The summed E-state index contributed by atoms with van der Waals surface area (Å²) in [5.74, 6) is 0.846. The standard InChI is InChI=1S/C9H15BrN2S/c1-5(2)7-8(10)13-9(12-7)6(3)4-11/h5-6H,4,11H2,1-3H3. The molecule has 1 rings (SSSR count).